The molecule has 1 aliphatic heterocycles. The summed E-state index contributed by atoms with van der Waals surface area (Å²) < 4.78 is 13.7. The number of hydrogen-bond donors (Lipinski definition) is 0. The van der Waals surface area contributed by atoms with Gasteiger partial charge in [-0.2, -0.15) is 0 Å². The van der Waals surface area contributed by atoms with Gasteiger partial charge in [-0.1, -0.05) is 49.8 Å². The van der Waals surface area contributed by atoms with Crippen LogP contribution in [0.2, 0.25) is 0 Å². The van der Waals surface area contributed by atoms with E-state index in [-0.39, 0.29) is 17.6 Å². The van der Waals surface area contributed by atoms with Gasteiger partial charge in [-0.25, -0.2) is 4.68 Å². The number of aryl methyl sites for hydroxylation is 1. The van der Waals surface area contributed by atoms with E-state index in [1.165, 1.54) is 36.8 Å². The molecule has 0 radical (unpaired) electrons. The minimum atomic E-state index is -0.257. The molecule has 5 rings (SSSR count). The van der Waals surface area contributed by atoms with Gasteiger partial charge in [0.25, 0.3) is 0 Å². The van der Waals surface area contributed by atoms with Gasteiger partial charge in [0.15, 0.2) is 6.29 Å². The zero-order chi connectivity index (χ0) is 21.4. The number of hydrogen-bond acceptors (Lipinski definition) is 4. The highest BCUT2D eigenvalue weighted by Crippen LogP contribution is 2.42. The second kappa shape index (κ2) is 8.41. The molecule has 5 heteroatoms. The van der Waals surface area contributed by atoms with Crippen LogP contribution in [0.1, 0.15) is 74.3 Å². The van der Waals surface area contributed by atoms with E-state index in [1.54, 1.807) is 0 Å². The molecule has 1 aromatic heterocycles. The van der Waals surface area contributed by atoms with E-state index < -0.39 is 0 Å². The molecule has 2 saturated carbocycles. The van der Waals surface area contributed by atoms with Crippen molar-refractivity contribution in [2.75, 3.05) is 13.2 Å². The largest absolute Gasteiger partial charge is 0.350 e. The third kappa shape index (κ3) is 5.37. The van der Waals surface area contributed by atoms with Crippen molar-refractivity contribution < 1.29 is 9.47 Å². The maximum absolute atomic E-state index is 5.89. The van der Waals surface area contributed by atoms with Gasteiger partial charge in [0, 0.05) is 29.0 Å². The van der Waals surface area contributed by atoms with Crippen molar-refractivity contribution in [3.05, 3.63) is 46.8 Å². The van der Waals surface area contributed by atoms with E-state index >= 15 is 0 Å². The summed E-state index contributed by atoms with van der Waals surface area (Å²) in [6.07, 6.45) is 8.11. The minimum Gasteiger partial charge on any atom is -0.350 e. The fourth-order valence-electron chi connectivity index (χ4n) is 4.15. The molecule has 2 aliphatic carbocycles. The first-order valence-electron chi connectivity index (χ1n) is 11.7. The Balaban J connectivity index is 1.35. The van der Waals surface area contributed by atoms with Crippen LogP contribution < -0.4 is 0 Å². The number of ether oxygens (including phenoxy) is 2. The molecule has 3 fully saturated rings. The standard InChI is InChI=1S/C26H33N3O2/c1-18-4-5-20(9-8-19-6-7-19)12-22(18)23(13-21-10-11-21)24-14-29(28-27-24)15-25-30-16-26(2,3)17-31-25/h4-5,12,14,19,21,23,25H,6-7,10-11,13,15-17H2,1-3H3. The van der Waals surface area contributed by atoms with Crippen molar-refractivity contribution in [3.63, 3.8) is 0 Å². The summed E-state index contributed by atoms with van der Waals surface area (Å²) in [7, 11) is 0. The molecule has 164 valence electrons. The van der Waals surface area contributed by atoms with Gasteiger partial charge in [0.2, 0.25) is 0 Å². The quantitative estimate of drug-likeness (QED) is 0.638. The molecule has 0 N–H and O–H groups in total. The van der Waals surface area contributed by atoms with Gasteiger partial charge < -0.3 is 9.47 Å². The van der Waals surface area contributed by atoms with Crippen LogP contribution >= 0.6 is 0 Å². The van der Waals surface area contributed by atoms with E-state index in [4.69, 9.17) is 9.47 Å². The first-order chi connectivity index (χ1) is 14.9. The predicted molar refractivity (Wildman–Crippen MR) is 119 cm³/mol. The Bertz CT molecular complexity index is 982. The Morgan fingerprint density at radius 3 is 2.65 bits per heavy atom. The maximum Gasteiger partial charge on any atom is 0.177 e. The molecule has 2 aromatic rings. The van der Waals surface area contributed by atoms with Gasteiger partial charge in [0.05, 0.1) is 25.5 Å². The molecule has 0 spiro atoms. The van der Waals surface area contributed by atoms with E-state index in [0.29, 0.717) is 25.7 Å². The van der Waals surface area contributed by atoms with Crippen LogP contribution in [0.4, 0.5) is 0 Å². The fraction of sp³-hybridized carbons (Fsp3) is 0.615. The Morgan fingerprint density at radius 2 is 1.94 bits per heavy atom. The lowest BCUT2D eigenvalue weighted by Crippen LogP contribution is -2.39. The van der Waals surface area contributed by atoms with Gasteiger partial charge >= 0.3 is 0 Å². The van der Waals surface area contributed by atoms with Crippen molar-refractivity contribution in [2.24, 2.45) is 17.3 Å². The van der Waals surface area contributed by atoms with Crippen LogP contribution in [-0.2, 0) is 16.0 Å². The molecule has 3 aliphatic rings. The summed E-state index contributed by atoms with van der Waals surface area (Å²) >= 11 is 0. The van der Waals surface area contributed by atoms with Gasteiger partial charge in [0.1, 0.15) is 0 Å². The summed E-state index contributed by atoms with van der Waals surface area (Å²) in [6.45, 7) is 8.50. The molecule has 31 heavy (non-hydrogen) atoms. The van der Waals surface area contributed by atoms with Crippen LogP contribution in [0.25, 0.3) is 0 Å². The molecule has 1 aromatic carbocycles. The lowest BCUT2D eigenvalue weighted by molar-refractivity contribution is -0.227. The summed E-state index contributed by atoms with van der Waals surface area (Å²) in [5.41, 5.74) is 4.88. The fourth-order valence-corrected chi connectivity index (χ4v) is 4.15. The van der Waals surface area contributed by atoms with E-state index in [0.717, 1.165) is 23.6 Å². The highest BCUT2D eigenvalue weighted by molar-refractivity contribution is 5.44. The maximum atomic E-state index is 5.89. The molecule has 2 heterocycles. The summed E-state index contributed by atoms with van der Waals surface area (Å²) in [5, 5.41) is 9.01. The number of aromatic nitrogens is 3. The van der Waals surface area contributed by atoms with Crippen LogP contribution in [0.3, 0.4) is 0 Å². The first kappa shape index (κ1) is 20.7. The average molecular weight is 420 g/mol. The lowest BCUT2D eigenvalue weighted by Gasteiger charge is -2.34. The van der Waals surface area contributed by atoms with Crippen molar-refractivity contribution in [1.29, 1.82) is 0 Å². The zero-order valence-corrected chi connectivity index (χ0v) is 18.9. The SMILES string of the molecule is Cc1ccc(C#CC2CC2)cc1C(CC1CC1)c1cn(CC2OCC(C)(C)CO2)nn1. The Morgan fingerprint density at radius 1 is 1.16 bits per heavy atom. The summed E-state index contributed by atoms with van der Waals surface area (Å²) in [4.78, 5) is 0. The van der Waals surface area contributed by atoms with Gasteiger partial charge in [-0.3, -0.25) is 0 Å². The van der Waals surface area contributed by atoms with Crippen LogP contribution in [0.15, 0.2) is 24.4 Å². The van der Waals surface area contributed by atoms with Crippen molar-refractivity contribution in [1.82, 2.24) is 15.0 Å². The topological polar surface area (TPSA) is 49.2 Å². The van der Waals surface area contributed by atoms with E-state index in [2.05, 4.69) is 67.3 Å². The summed E-state index contributed by atoms with van der Waals surface area (Å²) in [6, 6.07) is 6.65. The van der Waals surface area contributed by atoms with Crippen LogP contribution in [0, 0.1) is 36.0 Å². The molecule has 0 amide bonds. The summed E-state index contributed by atoms with van der Waals surface area (Å²) in [5.74, 6) is 8.46. The number of nitrogens with zero attached hydrogens (tertiary/aromatic N) is 3. The van der Waals surface area contributed by atoms with Crippen molar-refractivity contribution >= 4 is 0 Å². The number of rotatable bonds is 6. The molecular formula is C26H33N3O2. The molecule has 1 saturated heterocycles. The number of benzene rings is 1. The van der Waals surface area contributed by atoms with Crippen LogP contribution in [0.5, 0.6) is 0 Å². The van der Waals surface area contributed by atoms with Crippen molar-refractivity contribution in [3.8, 4) is 11.8 Å². The molecular weight excluding hydrogens is 386 g/mol. The minimum absolute atomic E-state index is 0.0737. The monoisotopic (exact) mass is 419 g/mol. The predicted octanol–water partition coefficient (Wildman–Crippen LogP) is 4.68. The smallest absolute Gasteiger partial charge is 0.177 e. The Hall–Kier alpha value is -2.16. The zero-order valence-electron chi connectivity index (χ0n) is 18.9. The van der Waals surface area contributed by atoms with Gasteiger partial charge in [-0.15, -0.1) is 5.10 Å². The average Bonchev–Trinajstić information content (AvgIpc) is 3.68. The lowest BCUT2D eigenvalue weighted by atomic mass is 9.87. The molecule has 1 atom stereocenters. The highest BCUT2D eigenvalue weighted by atomic mass is 16.7. The van der Waals surface area contributed by atoms with E-state index in [9.17, 15) is 0 Å². The van der Waals surface area contributed by atoms with Crippen LogP contribution in [-0.4, -0.2) is 34.5 Å². The van der Waals surface area contributed by atoms with Gasteiger partial charge in [-0.05, 0) is 55.4 Å². The highest BCUT2D eigenvalue weighted by Gasteiger charge is 2.31. The second-order valence-electron chi connectivity index (χ2n) is 10.4. The second-order valence-corrected chi connectivity index (χ2v) is 10.4. The Labute approximate surface area is 185 Å². The Kier molecular flexibility index (Phi) is 5.62. The van der Waals surface area contributed by atoms with Crippen molar-refractivity contribution in [2.45, 2.75) is 71.6 Å². The third-order valence-corrected chi connectivity index (χ3v) is 6.49. The third-order valence-electron chi connectivity index (χ3n) is 6.49. The molecule has 5 nitrogen and oxygen atoms in total. The molecule has 1 unspecified atom stereocenters. The normalized spacial score (nSPS) is 22.0. The van der Waals surface area contributed by atoms with E-state index in [1.807, 2.05) is 4.68 Å². The molecule has 0 bridgehead atoms. The first-order valence-corrected chi connectivity index (χ1v) is 11.7.